The van der Waals surface area contributed by atoms with E-state index in [1.807, 2.05) is 25.1 Å². The molecular formula is C27H23BrN2O3. The van der Waals surface area contributed by atoms with Crippen LogP contribution in [0.3, 0.4) is 0 Å². The van der Waals surface area contributed by atoms with Gasteiger partial charge in [0.15, 0.2) is 0 Å². The second-order valence-electron chi connectivity index (χ2n) is 8.32. The molecule has 0 saturated carbocycles. The van der Waals surface area contributed by atoms with Crippen molar-refractivity contribution < 1.29 is 14.4 Å². The van der Waals surface area contributed by atoms with Crippen LogP contribution in [0.5, 0.6) is 0 Å². The highest BCUT2D eigenvalue weighted by molar-refractivity contribution is 9.10. The molecule has 3 aromatic rings. The van der Waals surface area contributed by atoms with Gasteiger partial charge in [0.05, 0.1) is 5.69 Å². The van der Waals surface area contributed by atoms with E-state index in [1.165, 1.54) is 22.8 Å². The Balaban J connectivity index is 1.62. The summed E-state index contributed by atoms with van der Waals surface area (Å²) in [7, 11) is 0. The van der Waals surface area contributed by atoms with Gasteiger partial charge in [-0.25, -0.2) is 9.69 Å². The normalized spacial score (nSPS) is 15.2. The largest absolute Gasteiger partial charge is 0.335 e. The standard InChI is InChI=1S/C27H23BrN2O3/c1-16-4-8-22(9-5-16)30-26(32)23(25(31)29-27(30)33)14-19-6-7-21(24(28)15-19)13-20-11-17(2)10-18(3)12-20/h4-12,14-15H,13H2,1-3H3,(H,29,31,33)/b23-14+. The summed E-state index contributed by atoms with van der Waals surface area (Å²) in [6.45, 7) is 6.08. The van der Waals surface area contributed by atoms with Crippen molar-refractivity contribution in [3.05, 3.63) is 104 Å². The van der Waals surface area contributed by atoms with Gasteiger partial charge in [-0.05, 0) is 68.2 Å². The molecular weight excluding hydrogens is 480 g/mol. The van der Waals surface area contributed by atoms with Gasteiger partial charge >= 0.3 is 6.03 Å². The van der Waals surface area contributed by atoms with E-state index in [4.69, 9.17) is 0 Å². The second kappa shape index (κ2) is 9.16. The Kier molecular flexibility index (Phi) is 6.29. The third-order valence-electron chi connectivity index (χ3n) is 5.46. The molecule has 166 valence electrons. The number of benzene rings is 3. The van der Waals surface area contributed by atoms with Crippen LogP contribution in [0.4, 0.5) is 10.5 Å². The van der Waals surface area contributed by atoms with Gasteiger partial charge in [-0.1, -0.05) is 75.1 Å². The fraction of sp³-hybridized carbons (Fsp3) is 0.148. The fourth-order valence-electron chi connectivity index (χ4n) is 3.94. The number of nitrogens with one attached hydrogen (secondary N) is 1. The molecule has 0 radical (unpaired) electrons. The van der Waals surface area contributed by atoms with Gasteiger partial charge in [-0.15, -0.1) is 0 Å². The maximum atomic E-state index is 13.1. The van der Waals surface area contributed by atoms with E-state index in [2.05, 4.69) is 53.3 Å². The minimum absolute atomic E-state index is 0.0934. The Bertz CT molecular complexity index is 1290. The molecule has 0 spiro atoms. The van der Waals surface area contributed by atoms with Crippen LogP contribution in [0.15, 0.2) is 70.7 Å². The van der Waals surface area contributed by atoms with E-state index in [-0.39, 0.29) is 5.57 Å². The molecule has 1 aliphatic rings. The number of hydrogen-bond donors (Lipinski definition) is 1. The molecule has 5 nitrogen and oxygen atoms in total. The van der Waals surface area contributed by atoms with Crippen molar-refractivity contribution in [2.45, 2.75) is 27.2 Å². The van der Waals surface area contributed by atoms with Crippen LogP contribution in [-0.4, -0.2) is 17.8 Å². The van der Waals surface area contributed by atoms with Crippen molar-refractivity contribution in [3.63, 3.8) is 0 Å². The Morgan fingerprint density at radius 3 is 2.15 bits per heavy atom. The smallest absolute Gasteiger partial charge is 0.273 e. The van der Waals surface area contributed by atoms with Gasteiger partial charge in [-0.3, -0.25) is 14.9 Å². The summed E-state index contributed by atoms with van der Waals surface area (Å²) < 4.78 is 0.881. The molecule has 1 heterocycles. The highest BCUT2D eigenvalue weighted by Gasteiger charge is 2.36. The van der Waals surface area contributed by atoms with Crippen molar-refractivity contribution in [1.29, 1.82) is 0 Å². The molecule has 1 fully saturated rings. The number of carbonyl (C=O) groups is 3. The lowest BCUT2D eigenvalue weighted by atomic mass is 9.99. The van der Waals surface area contributed by atoms with E-state index in [9.17, 15) is 14.4 Å². The summed E-state index contributed by atoms with van der Waals surface area (Å²) in [5.74, 6) is -1.35. The summed E-state index contributed by atoms with van der Waals surface area (Å²) in [5.41, 5.74) is 6.75. The monoisotopic (exact) mass is 502 g/mol. The Morgan fingerprint density at radius 1 is 0.848 bits per heavy atom. The first-order chi connectivity index (χ1) is 15.7. The van der Waals surface area contributed by atoms with Crippen LogP contribution in [0.1, 0.15) is 33.4 Å². The van der Waals surface area contributed by atoms with Crippen LogP contribution in [0.2, 0.25) is 0 Å². The zero-order chi connectivity index (χ0) is 23.7. The number of amides is 4. The topological polar surface area (TPSA) is 66.5 Å². The zero-order valence-corrected chi connectivity index (χ0v) is 20.2. The fourth-order valence-corrected chi connectivity index (χ4v) is 4.48. The number of imide groups is 2. The SMILES string of the molecule is Cc1ccc(N2C(=O)NC(=O)/C(=C\c3ccc(Cc4cc(C)cc(C)c4)c(Br)c3)C2=O)cc1. The number of urea groups is 1. The van der Waals surface area contributed by atoms with Gasteiger partial charge < -0.3 is 0 Å². The van der Waals surface area contributed by atoms with Crippen LogP contribution in [-0.2, 0) is 16.0 Å². The molecule has 6 heteroatoms. The predicted molar refractivity (Wildman–Crippen MR) is 133 cm³/mol. The van der Waals surface area contributed by atoms with Crippen LogP contribution in [0.25, 0.3) is 6.08 Å². The van der Waals surface area contributed by atoms with Crippen LogP contribution >= 0.6 is 15.9 Å². The maximum absolute atomic E-state index is 13.1. The first-order valence-corrected chi connectivity index (χ1v) is 11.3. The first-order valence-electron chi connectivity index (χ1n) is 10.5. The molecule has 3 aromatic carbocycles. The number of hydrogen-bond acceptors (Lipinski definition) is 3. The molecule has 0 unspecified atom stereocenters. The Labute approximate surface area is 201 Å². The number of carbonyl (C=O) groups excluding carboxylic acids is 3. The van der Waals surface area contributed by atoms with E-state index >= 15 is 0 Å². The lowest BCUT2D eigenvalue weighted by molar-refractivity contribution is -0.122. The van der Waals surface area contributed by atoms with Crippen LogP contribution in [0, 0.1) is 20.8 Å². The zero-order valence-electron chi connectivity index (χ0n) is 18.6. The van der Waals surface area contributed by atoms with Gasteiger partial charge in [0, 0.05) is 4.47 Å². The van der Waals surface area contributed by atoms with Crippen molar-refractivity contribution in [3.8, 4) is 0 Å². The predicted octanol–water partition coefficient (Wildman–Crippen LogP) is 5.63. The van der Waals surface area contributed by atoms with E-state index in [0.29, 0.717) is 11.3 Å². The summed E-state index contributed by atoms with van der Waals surface area (Å²) in [6.07, 6.45) is 2.27. The molecule has 0 atom stereocenters. The van der Waals surface area contributed by atoms with Gasteiger partial charge in [0.25, 0.3) is 11.8 Å². The van der Waals surface area contributed by atoms with E-state index < -0.39 is 17.8 Å². The molecule has 4 rings (SSSR count). The van der Waals surface area contributed by atoms with Gasteiger partial charge in [-0.2, -0.15) is 0 Å². The van der Waals surface area contributed by atoms with Gasteiger partial charge in [0.2, 0.25) is 0 Å². The molecule has 1 N–H and O–H groups in total. The van der Waals surface area contributed by atoms with Crippen molar-refractivity contribution in [2.24, 2.45) is 0 Å². The highest BCUT2D eigenvalue weighted by atomic mass is 79.9. The number of anilines is 1. The molecule has 1 aliphatic heterocycles. The number of rotatable bonds is 4. The number of nitrogens with zero attached hydrogens (tertiary/aromatic N) is 1. The minimum atomic E-state index is -0.754. The third kappa shape index (κ3) is 4.96. The van der Waals surface area contributed by atoms with Crippen molar-refractivity contribution in [1.82, 2.24) is 5.32 Å². The number of aryl methyl sites for hydroxylation is 3. The van der Waals surface area contributed by atoms with E-state index in [0.717, 1.165) is 26.9 Å². The summed E-state index contributed by atoms with van der Waals surface area (Å²) in [5, 5.41) is 2.26. The highest BCUT2D eigenvalue weighted by Crippen LogP contribution is 2.26. The van der Waals surface area contributed by atoms with Crippen LogP contribution < -0.4 is 10.2 Å². The molecule has 0 aliphatic carbocycles. The maximum Gasteiger partial charge on any atom is 0.335 e. The summed E-state index contributed by atoms with van der Waals surface area (Å²) in [6, 6.07) is 18.4. The average molecular weight is 503 g/mol. The van der Waals surface area contributed by atoms with E-state index in [1.54, 1.807) is 24.3 Å². The Morgan fingerprint density at radius 2 is 1.52 bits per heavy atom. The van der Waals surface area contributed by atoms with Crippen molar-refractivity contribution >= 4 is 45.5 Å². The number of halogens is 1. The Hall–Kier alpha value is -3.51. The molecule has 4 amide bonds. The average Bonchev–Trinajstić information content (AvgIpc) is 2.73. The molecule has 0 aromatic heterocycles. The molecule has 33 heavy (non-hydrogen) atoms. The summed E-state index contributed by atoms with van der Waals surface area (Å²) >= 11 is 3.62. The number of barbiturate groups is 1. The summed E-state index contributed by atoms with van der Waals surface area (Å²) in [4.78, 5) is 38.8. The molecule has 0 bridgehead atoms. The molecule has 1 saturated heterocycles. The van der Waals surface area contributed by atoms with Gasteiger partial charge in [0.1, 0.15) is 5.57 Å². The third-order valence-corrected chi connectivity index (χ3v) is 6.20. The second-order valence-corrected chi connectivity index (χ2v) is 9.17. The first kappa shape index (κ1) is 22.7. The minimum Gasteiger partial charge on any atom is -0.273 e. The quantitative estimate of drug-likeness (QED) is 0.371. The van der Waals surface area contributed by atoms with Crippen molar-refractivity contribution in [2.75, 3.05) is 4.90 Å². The lowest BCUT2D eigenvalue weighted by Gasteiger charge is -2.26. The lowest BCUT2D eigenvalue weighted by Crippen LogP contribution is -2.54.